The first-order valence-corrected chi connectivity index (χ1v) is 6.98. The first-order valence-electron chi connectivity index (χ1n) is 6.60. The van der Waals surface area contributed by atoms with Gasteiger partial charge in [-0.15, -0.1) is 0 Å². The molecule has 0 aliphatic heterocycles. The van der Waals surface area contributed by atoms with Crippen LogP contribution >= 0.6 is 11.6 Å². The molecule has 1 aromatic carbocycles. The van der Waals surface area contributed by atoms with Gasteiger partial charge in [0.15, 0.2) is 5.76 Å². The third-order valence-corrected chi connectivity index (χ3v) is 3.99. The van der Waals surface area contributed by atoms with Gasteiger partial charge in [0.2, 0.25) is 0 Å². The summed E-state index contributed by atoms with van der Waals surface area (Å²) in [4.78, 5) is 12.0. The molecule has 1 aliphatic rings. The number of ether oxygens (including phenoxy) is 1. The minimum atomic E-state index is -0.483. The van der Waals surface area contributed by atoms with Crippen LogP contribution in [0.1, 0.15) is 34.7 Å². The van der Waals surface area contributed by atoms with Crippen LogP contribution in [0.5, 0.6) is 0 Å². The third kappa shape index (κ3) is 2.32. The molecule has 0 saturated heterocycles. The van der Waals surface area contributed by atoms with Crippen LogP contribution in [-0.4, -0.2) is 18.2 Å². The molecular weight excluding hydrogens is 292 g/mol. The highest BCUT2D eigenvalue weighted by atomic mass is 35.5. The van der Waals surface area contributed by atoms with Gasteiger partial charge in [-0.1, -0.05) is 22.8 Å². The molecule has 2 N–H and O–H groups in total. The fraction of sp³-hybridized carbons (Fsp3) is 0.333. The van der Waals surface area contributed by atoms with Crippen molar-refractivity contribution in [3.8, 4) is 11.1 Å². The smallest absolute Gasteiger partial charge is 0.338 e. The van der Waals surface area contributed by atoms with Gasteiger partial charge >= 0.3 is 5.97 Å². The molecule has 2 aromatic rings. The van der Waals surface area contributed by atoms with E-state index in [2.05, 4.69) is 5.16 Å². The molecule has 1 aromatic heterocycles. The average molecular weight is 307 g/mol. The average Bonchev–Trinajstić information content (AvgIpc) is 3.09. The van der Waals surface area contributed by atoms with Gasteiger partial charge in [0.05, 0.1) is 29.5 Å². The Morgan fingerprint density at radius 2 is 2.19 bits per heavy atom. The molecule has 21 heavy (non-hydrogen) atoms. The summed E-state index contributed by atoms with van der Waals surface area (Å²) in [6, 6.07) is 5.06. The van der Waals surface area contributed by atoms with E-state index in [1.54, 1.807) is 18.2 Å². The maximum Gasteiger partial charge on any atom is 0.338 e. The Balaban J connectivity index is 2.22. The molecule has 0 atom stereocenters. The number of hydrogen-bond acceptors (Lipinski definition) is 5. The van der Waals surface area contributed by atoms with Crippen molar-refractivity contribution >= 4 is 17.6 Å². The van der Waals surface area contributed by atoms with Crippen LogP contribution < -0.4 is 5.73 Å². The molecule has 3 rings (SSSR count). The van der Waals surface area contributed by atoms with E-state index in [0.717, 1.165) is 18.4 Å². The van der Waals surface area contributed by atoms with E-state index in [9.17, 15) is 4.79 Å². The summed E-state index contributed by atoms with van der Waals surface area (Å²) in [6.45, 7) is 1.82. The predicted molar refractivity (Wildman–Crippen MR) is 78.1 cm³/mol. The van der Waals surface area contributed by atoms with Crippen LogP contribution in [0, 0.1) is 6.92 Å². The van der Waals surface area contributed by atoms with E-state index < -0.39 is 11.5 Å². The zero-order valence-electron chi connectivity index (χ0n) is 11.8. The van der Waals surface area contributed by atoms with Crippen molar-refractivity contribution in [1.29, 1.82) is 0 Å². The van der Waals surface area contributed by atoms with E-state index in [1.165, 1.54) is 7.11 Å². The van der Waals surface area contributed by atoms with E-state index in [-0.39, 0.29) is 0 Å². The number of rotatable bonds is 3. The summed E-state index contributed by atoms with van der Waals surface area (Å²) in [7, 11) is 1.33. The van der Waals surface area contributed by atoms with Crippen LogP contribution in [0.3, 0.4) is 0 Å². The van der Waals surface area contributed by atoms with Crippen LogP contribution in [0.25, 0.3) is 11.1 Å². The van der Waals surface area contributed by atoms with Gasteiger partial charge in [0, 0.05) is 10.6 Å². The van der Waals surface area contributed by atoms with Crippen molar-refractivity contribution in [2.45, 2.75) is 25.3 Å². The second-order valence-electron chi connectivity index (χ2n) is 5.31. The summed E-state index contributed by atoms with van der Waals surface area (Å²) in [6.07, 6.45) is 1.69. The van der Waals surface area contributed by atoms with Crippen molar-refractivity contribution in [1.82, 2.24) is 5.16 Å². The lowest BCUT2D eigenvalue weighted by Crippen LogP contribution is -2.19. The van der Waals surface area contributed by atoms with Crippen LogP contribution in [0.4, 0.5) is 0 Å². The number of aromatic nitrogens is 1. The van der Waals surface area contributed by atoms with Crippen molar-refractivity contribution in [2.75, 3.05) is 7.11 Å². The Hall–Kier alpha value is -1.85. The number of carbonyl (C=O) groups is 1. The molecule has 0 unspecified atom stereocenters. The van der Waals surface area contributed by atoms with Gasteiger partial charge in [-0.3, -0.25) is 0 Å². The lowest BCUT2D eigenvalue weighted by atomic mass is 9.95. The number of hydrogen-bond donors (Lipinski definition) is 1. The minimum Gasteiger partial charge on any atom is -0.465 e. The Labute approximate surface area is 127 Å². The molecule has 1 saturated carbocycles. The van der Waals surface area contributed by atoms with Gasteiger partial charge in [0.1, 0.15) is 0 Å². The fourth-order valence-corrected chi connectivity index (χ4v) is 2.57. The normalized spacial score (nSPS) is 15.8. The van der Waals surface area contributed by atoms with Crippen LogP contribution in [0.15, 0.2) is 22.7 Å². The third-order valence-electron chi connectivity index (χ3n) is 3.76. The summed E-state index contributed by atoms with van der Waals surface area (Å²) in [5.41, 5.74) is 8.25. The Morgan fingerprint density at radius 1 is 1.48 bits per heavy atom. The Morgan fingerprint density at radius 3 is 2.81 bits per heavy atom. The lowest BCUT2D eigenvalue weighted by Gasteiger charge is -2.11. The summed E-state index contributed by atoms with van der Waals surface area (Å²) in [5.74, 6) is 0.161. The molecule has 0 amide bonds. The van der Waals surface area contributed by atoms with Crippen molar-refractivity contribution < 1.29 is 14.1 Å². The maximum absolute atomic E-state index is 12.0. The number of aryl methyl sites for hydroxylation is 1. The van der Waals surface area contributed by atoms with E-state index >= 15 is 0 Å². The van der Waals surface area contributed by atoms with Crippen molar-refractivity contribution in [3.63, 3.8) is 0 Å². The molecule has 1 heterocycles. The van der Waals surface area contributed by atoms with Crippen molar-refractivity contribution in [3.05, 3.63) is 40.2 Å². The van der Waals surface area contributed by atoms with E-state index in [1.807, 2.05) is 6.92 Å². The second kappa shape index (κ2) is 4.86. The SMILES string of the molecule is COC(=O)c1cc(Cl)ccc1-c1c(C)noc1C1(N)CC1. The molecule has 1 fully saturated rings. The Bertz CT molecular complexity index is 720. The number of methoxy groups -OCH3 is 1. The number of nitrogens with zero attached hydrogens (tertiary/aromatic N) is 1. The van der Waals surface area contributed by atoms with Crippen molar-refractivity contribution in [2.24, 2.45) is 5.73 Å². The first kappa shape index (κ1) is 14.1. The predicted octanol–water partition coefficient (Wildman–Crippen LogP) is 3.04. The highest BCUT2D eigenvalue weighted by molar-refractivity contribution is 6.31. The molecular formula is C15H15ClN2O3. The highest BCUT2D eigenvalue weighted by Gasteiger charge is 2.46. The van der Waals surface area contributed by atoms with Gasteiger partial charge in [-0.25, -0.2) is 4.79 Å². The molecule has 110 valence electrons. The number of benzene rings is 1. The van der Waals surface area contributed by atoms with Crippen LogP contribution in [-0.2, 0) is 10.3 Å². The van der Waals surface area contributed by atoms with Gasteiger partial charge in [0.25, 0.3) is 0 Å². The molecule has 6 heteroatoms. The number of carbonyl (C=O) groups excluding carboxylic acids is 1. The lowest BCUT2D eigenvalue weighted by molar-refractivity contribution is 0.0601. The second-order valence-corrected chi connectivity index (χ2v) is 5.75. The fourth-order valence-electron chi connectivity index (χ4n) is 2.40. The topological polar surface area (TPSA) is 78.3 Å². The highest BCUT2D eigenvalue weighted by Crippen LogP contribution is 2.48. The monoisotopic (exact) mass is 306 g/mol. The quantitative estimate of drug-likeness (QED) is 0.882. The number of halogens is 1. The molecule has 0 radical (unpaired) electrons. The van der Waals surface area contributed by atoms with E-state index in [0.29, 0.717) is 27.6 Å². The molecule has 5 nitrogen and oxygen atoms in total. The summed E-state index contributed by atoms with van der Waals surface area (Å²) >= 11 is 5.99. The first-order chi connectivity index (χ1) is 9.96. The minimum absolute atomic E-state index is 0.377. The van der Waals surface area contributed by atoms with Gasteiger partial charge < -0.3 is 15.0 Å². The standard InChI is InChI=1S/C15H15ClN2O3/c1-8-12(13(21-18-8)15(17)5-6-15)10-4-3-9(16)7-11(10)14(19)20-2/h3-4,7H,5-6,17H2,1-2H3. The Kier molecular flexibility index (Phi) is 3.26. The number of esters is 1. The summed E-state index contributed by atoms with van der Waals surface area (Å²) < 4.78 is 10.2. The zero-order chi connectivity index (χ0) is 15.2. The molecule has 0 spiro atoms. The van der Waals surface area contributed by atoms with Gasteiger partial charge in [-0.2, -0.15) is 0 Å². The largest absolute Gasteiger partial charge is 0.465 e. The molecule has 0 bridgehead atoms. The van der Waals surface area contributed by atoms with Crippen LogP contribution in [0.2, 0.25) is 5.02 Å². The maximum atomic E-state index is 12.0. The summed E-state index contributed by atoms with van der Waals surface area (Å²) in [5, 5.41) is 4.47. The van der Waals surface area contributed by atoms with E-state index in [4.69, 9.17) is 26.6 Å². The number of nitrogens with two attached hydrogens (primary N) is 1. The van der Waals surface area contributed by atoms with Gasteiger partial charge in [-0.05, 0) is 31.9 Å². The zero-order valence-corrected chi connectivity index (χ0v) is 12.5. The molecule has 1 aliphatic carbocycles.